The van der Waals surface area contributed by atoms with Crippen LogP contribution < -0.4 is 16.0 Å². The van der Waals surface area contributed by atoms with Crippen molar-refractivity contribution in [3.63, 3.8) is 0 Å². The molecule has 2 aliphatic rings. The second kappa shape index (κ2) is 5.53. The van der Waals surface area contributed by atoms with Gasteiger partial charge >= 0.3 is 0 Å². The number of nitrogens with one attached hydrogen (secondary N) is 1. The van der Waals surface area contributed by atoms with E-state index in [1.165, 1.54) is 12.8 Å². The Morgan fingerprint density at radius 1 is 1.22 bits per heavy atom. The number of amides is 1. The van der Waals surface area contributed by atoms with Gasteiger partial charge in [0.1, 0.15) is 5.52 Å². The average molecular weight is 313 g/mol. The zero-order chi connectivity index (χ0) is 16.0. The van der Waals surface area contributed by atoms with Crippen LogP contribution in [0.3, 0.4) is 0 Å². The maximum absolute atomic E-state index is 11.6. The van der Waals surface area contributed by atoms with Crippen LogP contribution in [0.15, 0.2) is 18.3 Å². The lowest BCUT2D eigenvalue weighted by Gasteiger charge is -2.34. The fourth-order valence-electron chi connectivity index (χ4n) is 3.55. The molecule has 1 aromatic heterocycles. The Morgan fingerprint density at radius 2 is 1.91 bits per heavy atom. The number of rotatable bonds is 4. The molecule has 23 heavy (non-hydrogen) atoms. The van der Waals surface area contributed by atoms with Crippen molar-refractivity contribution < 1.29 is 4.79 Å². The SMILES string of the molecule is Cn1cc2c(N3CCC(NC4CC4)CC3)ccc(C(N)=O)c2n1. The molecule has 0 unspecified atom stereocenters. The zero-order valence-corrected chi connectivity index (χ0v) is 13.5. The number of aromatic nitrogens is 2. The van der Waals surface area contributed by atoms with Crippen LogP contribution in [0.1, 0.15) is 36.0 Å². The Hall–Kier alpha value is -2.08. The fraction of sp³-hybridized carbons (Fsp3) is 0.529. The highest BCUT2D eigenvalue weighted by molar-refractivity contribution is 6.08. The Labute approximate surface area is 135 Å². The quantitative estimate of drug-likeness (QED) is 0.894. The van der Waals surface area contributed by atoms with E-state index < -0.39 is 5.91 Å². The van der Waals surface area contributed by atoms with E-state index in [-0.39, 0.29) is 0 Å². The predicted octanol–water partition coefficient (Wildman–Crippen LogP) is 1.39. The number of carbonyl (C=O) groups is 1. The number of nitrogens with two attached hydrogens (primary N) is 1. The Bertz CT molecular complexity index is 741. The number of hydrogen-bond acceptors (Lipinski definition) is 4. The number of benzene rings is 1. The Kier molecular flexibility index (Phi) is 3.49. The maximum atomic E-state index is 11.6. The molecule has 1 aromatic carbocycles. The highest BCUT2D eigenvalue weighted by atomic mass is 16.1. The molecule has 2 fully saturated rings. The highest BCUT2D eigenvalue weighted by Crippen LogP contribution is 2.31. The van der Waals surface area contributed by atoms with Crippen molar-refractivity contribution in [3.8, 4) is 0 Å². The van der Waals surface area contributed by atoms with Gasteiger partial charge in [0.2, 0.25) is 0 Å². The van der Waals surface area contributed by atoms with Crippen LogP contribution in [0.25, 0.3) is 10.9 Å². The van der Waals surface area contributed by atoms with E-state index in [0.29, 0.717) is 17.1 Å². The summed E-state index contributed by atoms with van der Waals surface area (Å²) >= 11 is 0. The summed E-state index contributed by atoms with van der Waals surface area (Å²) in [6.45, 7) is 2.06. The van der Waals surface area contributed by atoms with Crippen LogP contribution in [0, 0.1) is 0 Å². The first-order valence-electron chi connectivity index (χ1n) is 8.39. The lowest BCUT2D eigenvalue weighted by atomic mass is 10.0. The largest absolute Gasteiger partial charge is 0.371 e. The summed E-state index contributed by atoms with van der Waals surface area (Å²) in [6.07, 6.45) is 6.98. The Morgan fingerprint density at radius 3 is 2.57 bits per heavy atom. The minimum Gasteiger partial charge on any atom is -0.371 e. The van der Waals surface area contributed by atoms with Crippen molar-refractivity contribution in [2.24, 2.45) is 12.8 Å². The third kappa shape index (κ3) is 2.79. The summed E-state index contributed by atoms with van der Waals surface area (Å²) in [7, 11) is 1.88. The van der Waals surface area contributed by atoms with E-state index in [1.54, 1.807) is 4.68 Å². The summed E-state index contributed by atoms with van der Waals surface area (Å²) in [5, 5.41) is 9.17. The van der Waals surface area contributed by atoms with Crippen LogP contribution in [0.2, 0.25) is 0 Å². The number of fused-ring (bicyclic) bond motifs is 1. The van der Waals surface area contributed by atoms with Gasteiger partial charge in [-0.3, -0.25) is 9.48 Å². The van der Waals surface area contributed by atoms with Crippen LogP contribution in [0.4, 0.5) is 5.69 Å². The molecule has 122 valence electrons. The van der Waals surface area contributed by atoms with Gasteiger partial charge in [-0.15, -0.1) is 0 Å². The standard InChI is InChI=1S/C17H23N5O/c1-21-10-14-15(5-4-13(17(18)23)16(14)20-21)22-8-6-12(7-9-22)19-11-2-3-11/h4-5,10-12,19H,2-3,6-9H2,1H3,(H2,18,23). The molecule has 1 aliphatic heterocycles. The lowest BCUT2D eigenvalue weighted by Crippen LogP contribution is -2.43. The second-order valence-corrected chi connectivity index (χ2v) is 6.76. The molecule has 1 saturated carbocycles. The van der Waals surface area contributed by atoms with Crippen molar-refractivity contribution in [3.05, 3.63) is 23.9 Å². The third-order valence-electron chi connectivity index (χ3n) is 4.92. The molecule has 3 N–H and O–H groups in total. The van der Waals surface area contributed by atoms with Crippen LogP contribution in [0.5, 0.6) is 0 Å². The van der Waals surface area contributed by atoms with Crippen LogP contribution >= 0.6 is 0 Å². The van der Waals surface area contributed by atoms with Crippen molar-refractivity contribution in [2.45, 2.75) is 37.8 Å². The van der Waals surface area contributed by atoms with Gasteiger partial charge in [-0.1, -0.05) is 0 Å². The smallest absolute Gasteiger partial charge is 0.250 e. The van der Waals surface area contributed by atoms with Crippen molar-refractivity contribution in [2.75, 3.05) is 18.0 Å². The summed E-state index contributed by atoms with van der Waals surface area (Å²) in [5.41, 5.74) is 7.83. The Balaban J connectivity index is 1.59. The second-order valence-electron chi connectivity index (χ2n) is 6.76. The number of nitrogens with zero attached hydrogens (tertiary/aromatic N) is 3. The monoisotopic (exact) mass is 313 g/mol. The number of primary amides is 1. The molecule has 0 spiro atoms. The predicted molar refractivity (Wildman–Crippen MR) is 90.6 cm³/mol. The van der Waals surface area contributed by atoms with Crippen molar-refractivity contribution in [1.82, 2.24) is 15.1 Å². The number of anilines is 1. The van der Waals surface area contributed by atoms with Crippen LogP contribution in [-0.4, -0.2) is 40.9 Å². The van der Waals surface area contributed by atoms with E-state index in [2.05, 4.69) is 15.3 Å². The van der Waals surface area contributed by atoms with Gasteiger partial charge in [0.15, 0.2) is 0 Å². The van der Waals surface area contributed by atoms with Gasteiger partial charge in [-0.2, -0.15) is 5.10 Å². The van der Waals surface area contributed by atoms with Crippen LogP contribution in [-0.2, 0) is 7.05 Å². The lowest BCUT2D eigenvalue weighted by molar-refractivity contribution is 0.100. The molecule has 6 nitrogen and oxygen atoms in total. The van der Waals surface area contributed by atoms with E-state index in [0.717, 1.165) is 43.0 Å². The molecule has 6 heteroatoms. The van der Waals surface area contributed by atoms with Gasteiger partial charge in [-0.25, -0.2) is 0 Å². The fourth-order valence-corrected chi connectivity index (χ4v) is 3.55. The summed E-state index contributed by atoms with van der Waals surface area (Å²) in [4.78, 5) is 14.0. The molecular weight excluding hydrogens is 290 g/mol. The van der Waals surface area contributed by atoms with Gasteiger partial charge in [0, 0.05) is 49.5 Å². The molecular formula is C17H23N5O. The summed E-state index contributed by atoms with van der Waals surface area (Å²) in [5.74, 6) is -0.424. The van der Waals surface area contributed by atoms with E-state index in [1.807, 2.05) is 25.4 Å². The molecule has 1 amide bonds. The zero-order valence-electron chi connectivity index (χ0n) is 13.5. The first kappa shape index (κ1) is 14.5. The molecule has 2 aromatic rings. The number of carbonyl (C=O) groups excluding carboxylic acids is 1. The average Bonchev–Trinajstić information content (AvgIpc) is 3.25. The highest BCUT2D eigenvalue weighted by Gasteiger charge is 2.28. The van der Waals surface area contributed by atoms with E-state index in [9.17, 15) is 4.79 Å². The van der Waals surface area contributed by atoms with Gasteiger partial charge in [0.05, 0.1) is 5.56 Å². The molecule has 2 heterocycles. The summed E-state index contributed by atoms with van der Waals surface area (Å²) in [6, 6.07) is 5.24. The number of aryl methyl sites for hydroxylation is 1. The molecule has 0 bridgehead atoms. The van der Waals surface area contributed by atoms with E-state index >= 15 is 0 Å². The van der Waals surface area contributed by atoms with E-state index in [4.69, 9.17) is 5.73 Å². The summed E-state index contributed by atoms with van der Waals surface area (Å²) < 4.78 is 1.75. The molecule has 1 saturated heterocycles. The molecule has 0 atom stereocenters. The third-order valence-corrected chi connectivity index (χ3v) is 4.92. The van der Waals surface area contributed by atoms with Crippen molar-refractivity contribution in [1.29, 1.82) is 0 Å². The molecule has 4 rings (SSSR count). The topological polar surface area (TPSA) is 76.2 Å². The minimum atomic E-state index is -0.424. The van der Waals surface area contributed by atoms with Gasteiger partial charge in [-0.05, 0) is 37.8 Å². The first-order chi connectivity index (χ1) is 11.1. The van der Waals surface area contributed by atoms with Gasteiger partial charge in [0.25, 0.3) is 5.91 Å². The maximum Gasteiger partial charge on any atom is 0.250 e. The number of hydrogen-bond donors (Lipinski definition) is 2. The normalized spacial score (nSPS) is 19.4. The molecule has 0 radical (unpaired) electrons. The van der Waals surface area contributed by atoms with Gasteiger partial charge < -0.3 is 16.0 Å². The van der Waals surface area contributed by atoms with Crippen molar-refractivity contribution >= 4 is 22.5 Å². The number of piperidine rings is 1. The molecule has 1 aliphatic carbocycles. The minimum absolute atomic E-state index is 0.424. The first-order valence-corrected chi connectivity index (χ1v) is 8.39.